The molecule has 3 rings (SSSR count). The van der Waals surface area contributed by atoms with Crippen LogP contribution in [0.4, 0.5) is 0 Å². The van der Waals surface area contributed by atoms with Gasteiger partial charge in [0.05, 0.1) is 17.6 Å². The molecule has 6 nitrogen and oxygen atoms in total. The summed E-state index contributed by atoms with van der Waals surface area (Å²) < 4.78 is 17.0. The second-order valence-corrected chi connectivity index (χ2v) is 6.56. The number of carboxylic acids is 1. The quantitative estimate of drug-likeness (QED) is 0.519. The molecule has 0 aliphatic carbocycles. The minimum atomic E-state index is -1.08. The molecule has 0 radical (unpaired) electrons. The highest BCUT2D eigenvalue weighted by Crippen LogP contribution is 2.23. The summed E-state index contributed by atoms with van der Waals surface area (Å²) in [5.74, 6) is 0.0715. The van der Waals surface area contributed by atoms with Crippen LogP contribution in [0.3, 0.4) is 0 Å². The van der Waals surface area contributed by atoms with Gasteiger partial charge < -0.3 is 19.0 Å². The molecule has 1 aromatic heterocycles. The highest BCUT2D eigenvalue weighted by Gasteiger charge is 2.14. The van der Waals surface area contributed by atoms with Crippen LogP contribution in [0.15, 0.2) is 51.7 Å². The number of fused-ring (bicyclic) bond motifs is 1. The topological polar surface area (TPSA) is 86.0 Å². The van der Waals surface area contributed by atoms with Gasteiger partial charge in [-0.25, -0.2) is 4.79 Å². The van der Waals surface area contributed by atoms with Crippen LogP contribution in [0.2, 0.25) is 0 Å². The van der Waals surface area contributed by atoms with Crippen molar-refractivity contribution in [3.8, 4) is 5.75 Å². The lowest BCUT2D eigenvalue weighted by molar-refractivity contribution is 0.0697. The fourth-order valence-corrected chi connectivity index (χ4v) is 3.12. The van der Waals surface area contributed by atoms with Gasteiger partial charge in [-0.3, -0.25) is 4.79 Å². The Labute approximate surface area is 174 Å². The molecule has 0 amide bonds. The third kappa shape index (κ3) is 4.78. The summed E-state index contributed by atoms with van der Waals surface area (Å²) in [5, 5.41) is 9.45. The highest BCUT2D eigenvalue weighted by atomic mass is 16.5. The number of hydrogen-bond donors (Lipinski definition) is 1. The van der Waals surface area contributed by atoms with Crippen molar-refractivity contribution in [3.63, 3.8) is 0 Å². The maximum absolute atomic E-state index is 12.9. The summed E-state index contributed by atoms with van der Waals surface area (Å²) in [6, 6.07) is 11.9. The Morgan fingerprint density at radius 2 is 1.90 bits per heavy atom. The summed E-state index contributed by atoms with van der Waals surface area (Å²) in [6.45, 7) is 5.38. The van der Waals surface area contributed by atoms with E-state index in [0.717, 1.165) is 5.56 Å². The smallest absolute Gasteiger partial charge is 0.335 e. The van der Waals surface area contributed by atoms with Crippen LogP contribution in [0.5, 0.6) is 5.75 Å². The average molecular weight is 408 g/mol. The highest BCUT2D eigenvalue weighted by molar-refractivity contribution is 5.93. The SMILES string of the molecule is CCOCCOc1ccccc1C=Cc1oc2ccc(C(=O)O)cc2c(=O)c1CC. The van der Waals surface area contributed by atoms with Crippen LogP contribution < -0.4 is 10.2 Å². The number of para-hydroxylation sites is 1. The van der Waals surface area contributed by atoms with Crippen molar-refractivity contribution in [3.05, 3.63) is 75.1 Å². The second-order valence-electron chi connectivity index (χ2n) is 6.56. The van der Waals surface area contributed by atoms with Gasteiger partial charge in [0, 0.05) is 17.7 Å². The summed E-state index contributed by atoms with van der Waals surface area (Å²) in [4.78, 5) is 24.1. The first-order valence-corrected chi connectivity index (χ1v) is 9.85. The monoisotopic (exact) mass is 408 g/mol. The Morgan fingerprint density at radius 3 is 2.63 bits per heavy atom. The van der Waals surface area contributed by atoms with E-state index in [1.807, 2.05) is 44.2 Å². The van der Waals surface area contributed by atoms with Gasteiger partial charge >= 0.3 is 5.97 Å². The van der Waals surface area contributed by atoms with Crippen molar-refractivity contribution < 1.29 is 23.8 Å². The molecule has 0 bridgehead atoms. The maximum Gasteiger partial charge on any atom is 0.335 e. The third-order valence-corrected chi connectivity index (χ3v) is 4.64. The normalized spacial score (nSPS) is 11.3. The van der Waals surface area contributed by atoms with Crippen molar-refractivity contribution in [1.82, 2.24) is 0 Å². The van der Waals surface area contributed by atoms with E-state index in [1.54, 1.807) is 6.08 Å². The van der Waals surface area contributed by atoms with Gasteiger partial charge in [-0.1, -0.05) is 25.1 Å². The fraction of sp³-hybridized carbons (Fsp3) is 0.250. The van der Waals surface area contributed by atoms with Crippen LogP contribution in [0, 0.1) is 0 Å². The second kappa shape index (κ2) is 9.89. The molecular weight excluding hydrogens is 384 g/mol. The molecule has 0 atom stereocenters. The Morgan fingerprint density at radius 1 is 1.10 bits per heavy atom. The van der Waals surface area contributed by atoms with Gasteiger partial charge in [0.15, 0.2) is 5.43 Å². The lowest BCUT2D eigenvalue weighted by Crippen LogP contribution is -2.11. The van der Waals surface area contributed by atoms with E-state index in [-0.39, 0.29) is 16.4 Å². The van der Waals surface area contributed by atoms with E-state index in [9.17, 15) is 14.7 Å². The van der Waals surface area contributed by atoms with Gasteiger partial charge in [0.25, 0.3) is 0 Å². The molecule has 0 aliphatic heterocycles. The number of rotatable bonds is 9. The van der Waals surface area contributed by atoms with Crippen LogP contribution in [-0.2, 0) is 11.2 Å². The minimum absolute atomic E-state index is 0.0540. The third-order valence-electron chi connectivity index (χ3n) is 4.64. The van der Waals surface area contributed by atoms with Crippen LogP contribution >= 0.6 is 0 Å². The maximum atomic E-state index is 12.9. The molecule has 156 valence electrons. The molecule has 0 spiro atoms. The lowest BCUT2D eigenvalue weighted by Gasteiger charge is -2.09. The largest absolute Gasteiger partial charge is 0.491 e. The molecule has 0 aliphatic rings. The zero-order valence-electron chi connectivity index (χ0n) is 17.0. The molecule has 2 aromatic carbocycles. The molecular formula is C24H24O6. The van der Waals surface area contributed by atoms with Gasteiger partial charge in [-0.15, -0.1) is 0 Å². The first kappa shape index (κ1) is 21.3. The number of aromatic carboxylic acids is 1. The number of benzene rings is 2. The van der Waals surface area contributed by atoms with Crippen LogP contribution in [-0.4, -0.2) is 30.9 Å². The molecule has 0 unspecified atom stereocenters. The van der Waals surface area contributed by atoms with Crippen molar-refractivity contribution in [2.45, 2.75) is 20.3 Å². The van der Waals surface area contributed by atoms with Gasteiger partial charge in [0.1, 0.15) is 23.7 Å². The van der Waals surface area contributed by atoms with Gasteiger partial charge in [-0.05, 0) is 49.8 Å². The molecule has 3 aromatic rings. The molecule has 0 fully saturated rings. The standard InChI is InChI=1S/C24H24O6/c1-3-18-21(30-22-12-10-17(24(26)27)15-19(22)23(18)25)11-9-16-7-5-6-8-20(16)29-14-13-28-4-2/h5-12,15H,3-4,13-14H2,1-2H3,(H,26,27). The summed E-state index contributed by atoms with van der Waals surface area (Å²) in [6.07, 6.45) is 4.04. The Hall–Kier alpha value is -3.38. The van der Waals surface area contributed by atoms with E-state index in [0.29, 0.717) is 48.9 Å². The zero-order valence-corrected chi connectivity index (χ0v) is 17.0. The van der Waals surface area contributed by atoms with Crippen LogP contribution in [0.1, 0.15) is 41.1 Å². The number of carbonyl (C=O) groups is 1. The average Bonchev–Trinajstić information content (AvgIpc) is 2.75. The molecule has 0 saturated heterocycles. The lowest BCUT2D eigenvalue weighted by atomic mass is 10.0. The van der Waals surface area contributed by atoms with E-state index in [2.05, 4.69) is 0 Å². The molecule has 1 heterocycles. The molecule has 1 N–H and O–H groups in total. The van der Waals surface area contributed by atoms with E-state index in [1.165, 1.54) is 18.2 Å². The fourth-order valence-electron chi connectivity index (χ4n) is 3.12. The van der Waals surface area contributed by atoms with Crippen molar-refractivity contribution >= 4 is 29.1 Å². The molecule has 6 heteroatoms. The van der Waals surface area contributed by atoms with E-state index >= 15 is 0 Å². The minimum Gasteiger partial charge on any atom is -0.491 e. The Bertz CT molecular complexity index is 1130. The van der Waals surface area contributed by atoms with Crippen molar-refractivity contribution in [2.75, 3.05) is 19.8 Å². The van der Waals surface area contributed by atoms with Crippen molar-refractivity contribution in [2.24, 2.45) is 0 Å². The Balaban J connectivity index is 1.96. The van der Waals surface area contributed by atoms with Gasteiger partial charge in [-0.2, -0.15) is 0 Å². The summed E-state index contributed by atoms with van der Waals surface area (Å²) in [5.41, 5.74) is 1.53. The zero-order chi connectivity index (χ0) is 21.5. The first-order chi connectivity index (χ1) is 14.5. The first-order valence-electron chi connectivity index (χ1n) is 9.85. The van der Waals surface area contributed by atoms with Crippen molar-refractivity contribution in [1.29, 1.82) is 0 Å². The molecule has 30 heavy (non-hydrogen) atoms. The summed E-state index contributed by atoms with van der Waals surface area (Å²) in [7, 11) is 0. The predicted octanol–water partition coefficient (Wildman–Crippen LogP) is 4.64. The summed E-state index contributed by atoms with van der Waals surface area (Å²) >= 11 is 0. The Kier molecular flexibility index (Phi) is 7.03. The number of carboxylic acid groups (broad SMARTS) is 1. The van der Waals surface area contributed by atoms with Gasteiger partial charge in [0.2, 0.25) is 0 Å². The number of ether oxygens (including phenoxy) is 2. The predicted molar refractivity (Wildman–Crippen MR) is 116 cm³/mol. The van der Waals surface area contributed by atoms with Crippen LogP contribution in [0.25, 0.3) is 23.1 Å². The van der Waals surface area contributed by atoms with E-state index in [4.69, 9.17) is 13.9 Å². The van der Waals surface area contributed by atoms with E-state index < -0.39 is 5.97 Å². The molecule has 0 saturated carbocycles. The number of hydrogen-bond acceptors (Lipinski definition) is 5.